The largest absolute Gasteiger partial charge is 0.439 e. The van der Waals surface area contributed by atoms with Crippen LogP contribution in [0, 0.1) is 0 Å². The van der Waals surface area contributed by atoms with E-state index in [1.54, 1.807) is 0 Å². The lowest BCUT2D eigenvalue weighted by molar-refractivity contribution is 0.576. The van der Waals surface area contributed by atoms with E-state index in [1.165, 1.54) is 25.9 Å². The molecule has 3 heteroatoms. The van der Waals surface area contributed by atoms with Gasteiger partial charge in [0.05, 0.1) is 0 Å². The van der Waals surface area contributed by atoms with Crippen LogP contribution in [0.1, 0.15) is 19.8 Å². The highest BCUT2D eigenvalue weighted by molar-refractivity contribution is 7.14. The molecule has 5 aromatic carbocycles. The molecule has 5 rings (SSSR count). The summed E-state index contributed by atoms with van der Waals surface area (Å²) >= 11 is 0. The van der Waals surface area contributed by atoms with Gasteiger partial charge in [-0.25, -0.2) is 0 Å². The molecule has 0 bridgehead atoms. The van der Waals surface area contributed by atoms with Crippen LogP contribution in [0.2, 0.25) is 6.04 Å². The van der Waals surface area contributed by atoms with Gasteiger partial charge in [0.15, 0.2) is 0 Å². The van der Waals surface area contributed by atoms with Gasteiger partial charge in [-0.05, 0) is 32.0 Å². The zero-order valence-electron chi connectivity index (χ0n) is 21.5. The molecule has 0 spiro atoms. The smallest absolute Gasteiger partial charge is 0.278 e. The molecular weight excluding hydrogens is 481 g/mol. The topological polar surface area (TPSA) is 9.23 Å². The fraction of sp³-hybridized carbons (Fsp3) is 0.118. The lowest BCUT2D eigenvalue weighted by atomic mass is 10.3. The van der Waals surface area contributed by atoms with Crippen molar-refractivity contribution in [2.45, 2.75) is 25.8 Å². The van der Waals surface area contributed by atoms with E-state index < -0.39 is 16.6 Å². The quantitative estimate of drug-likeness (QED) is 0.183. The SMILES string of the molecule is CCCC[Si](O[Si](c1ccccc1)(c1ccccc1)c1ccccc1)(c1ccccc1)c1ccccc1. The molecule has 0 amide bonds. The van der Waals surface area contributed by atoms with Gasteiger partial charge >= 0.3 is 0 Å². The molecule has 0 radical (unpaired) electrons. The van der Waals surface area contributed by atoms with Crippen LogP contribution in [0.4, 0.5) is 0 Å². The van der Waals surface area contributed by atoms with Crippen molar-refractivity contribution in [1.29, 1.82) is 0 Å². The van der Waals surface area contributed by atoms with Crippen LogP contribution in [0.25, 0.3) is 0 Å². The maximum absolute atomic E-state index is 8.14. The Morgan fingerprint density at radius 3 is 1.03 bits per heavy atom. The summed E-state index contributed by atoms with van der Waals surface area (Å²) in [5, 5.41) is 6.54. The van der Waals surface area contributed by atoms with E-state index in [2.05, 4.69) is 159 Å². The Balaban J connectivity index is 1.86. The second-order valence-corrected chi connectivity index (χ2v) is 16.8. The summed E-state index contributed by atoms with van der Waals surface area (Å²) < 4.78 is 8.14. The fourth-order valence-electron chi connectivity index (χ4n) is 5.42. The Morgan fingerprint density at radius 1 is 0.432 bits per heavy atom. The molecule has 0 aliphatic rings. The third-order valence-corrected chi connectivity index (χ3v) is 16.9. The summed E-state index contributed by atoms with van der Waals surface area (Å²) in [4.78, 5) is 0. The molecule has 0 unspecified atom stereocenters. The van der Waals surface area contributed by atoms with Crippen molar-refractivity contribution >= 4 is 42.6 Å². The predicted molar refractivity (Wildman–Crippen MR) is 163 cm³/mol. The number of hydrogen-bond donors (Lipinski definition) is 0. The zero-order valence-corrected chi connectivity index (χ0v) is 23.5. The van der Waals surface area contributed by atoms with Crippen molar-refractivity contribution in [1.82, 2.24) is 0 Å². The number of hydrogen-bond acceptors (Lipinski definition) is 1. The molecule has 0 aromatic heterocycles. The molecule has 0 saturated carbocycles. The Kier molecular flexibility index (Phi) is 7.95. The molecule has 0 heterocycles. The van der Waals surface area contributed by atoms with Gasteiger partial charge in [-0.15, -0.1) is 0 Å². The van der Waals surface area contributed by atoms with Crippen molar-refractivity contribution in [3.63, 3.8) is 0 Å². The van der Waals surface area contributed by atoms with Crippen LogP contribution in [0.5, 0.6) is 0 Å². The van der Waals surface area contributed by atoms with E-state index in [-0.39, 0.29) is 0 Å². The van der Waals surface area contributed by atoms with E-state index in [0.29, 0.717) is 0 Å². The number of rotatable bonds is 10. The maximum Gasteiger partial charge on any atom is 0.278 e. The third-order valence-electron chi connectivity index (χ3n) is 7.23. The van der Waals surface area contributed by atoms with Crippen molar-refractivity contribution in [2.75, 3.05) is 0 Å². The first-order chi connectivity index (χ1) is 18.3. The zero-order chi connectivity index (χ0) is 25.4. The van der Waals surface area contributed by atoms with E-state index in [1.807, 2.05) is 0 Å². The number of unbranched alkanes of at least 4 members (excludes halogenated alkanes) is 1. The molecule has 0 fully saturated rings. The summed E-state index contributed by atoms with van der Waals surface area (Å²) in [5.41, 5.74) is 0. The Morgan fingerprint density at radius 2 is 0.730 bits per heavy atom. The molecule has 5 aromatic rings. The minimum absolute atomic E-state index is 1.04. The lowest BCUT2D eigenvalue weighted by Crippen LogP contribution is -2.77. The standard InChI is InChI=1S/C34H34OSi2/c1-2-3-29-36(30-19-9-4-10-20-30,31-21-11-5-12-22-31)35-37(32-23-13-6-14-24-32,33-25-15-7-16-26-33)34-27-17-8-18-28-34/h4-28H,2-3,29H2,1H3. The van der Waals surface area contributed by atoms with Gasteiger partial charge in [-0.3, -0.25) is 0 Å². The first-order valence-corrected chi connectivity index (χ1v) is 17.3. The van der Waals surface area contributed by atoms with Gasteiger partial charge < -0.3 is 4.12 Å². The maximum atomic E-state index is 8.14. The Bertz CT molecular complexity index is 1220. The van der Waals surface area contributed by atoms with E-state index in [0.717, 1.165) is 18.9 Å². The van der Waals surface area contributed by atoms with Gasteiger partial charge in [-0.1, -0.05) is 171 Å². The second kappa shape index (κ2) is 11.7. The normalized spacial score (nSPS) is 11.8. The van der Waals surface area contributed by atoms with Crippen LogP contribution in [-0.2, 0) is 4.12 Å². The van der Waals surface area contributed by atoms with Gasteiger partial charge in [0.1, 0.15) is 0 Å². The number of benzene rings is 5. The van der Waals surface area contributed by atoms with Crippen LogP contribution in [0.15, 0.2) is 152 Å². The summed E-state index contributed by atoms with van der Waals surface area (Å²) in [7, 11) is -5.60. The van der Waals surface area contributed by atoms with Crippen LogP contribution in [-0.4, -0.2) is 16.6 Å². The first-order valence-electron chi connectivity index (χ1n) is 13.3. The van der Waals surface area contributed by atoms with Gasteiger partial charge in [0, 0.05) is 0 Å². The minimum Gasteiger partial charge on any atom is -0.439 e. The molecule has 37 heavy (non-hydrogen) atoms. The Hall–Kier alpha value is -3.51. The fourth-order valence-corrected chi connectivity index (χ4v) is 16.5. The molecule has 0 N–H and O–H groups in total. The Labute approximate surface area is 223 Å². The van der Waals surface area contributed by atoms with Gasteiger partial charge in [-0.2, -0.15) is 0 Å². The van der Waals surface area contributed by atoms with Crippen molar-refractivity contribution in [3.05, 3.63) is 152 Å². The summed E-state index contributed by atoms with van der Waals surface area (Å²) in [6.45, 7) is 2.28. The van der Waals surface area contributed by atoms with E-state index in [9.17, 15) is 0 Å². The van der Waals surface area contributed by atoms with Crippen LogP contribution < -0.4 is 25.9 Å². The molecule has 0 atom stereocenters. The summed E-state index contributed by atoms with van der Waals surface area (Å²) in [6.07, 6.45) is 2.26. The summed E-state index contributed by atoms with van der Waals surface area (Å²) in [5.74, 6) is 0. The molecule has 0 aliphatic heterocycles. The average molecular weight is 515 g/mol. The monoisotopic (exact) mass is 514 g/mol. The molecule has 0 aliphatic carbocycles. The second-order valence-electron chi connectivity index (χ2n) is 9.54. The van der Waals surface area contributed by atoms with Crippen LogP contribution >= 0.6 is 0 Å². The van der Waals surface area contributed by atoms with E-state index in [4.69, 9.17) is 4.12 Å². The highest BCUT2D eigenvalue weighted by atomic mass is 28.4. The first kappa shape index (κ1) is 25.2. The third kappa shape index (κ3) is 5.03. The molecular formula is C34H34OSi2. The highest BCUT2D eigenvalue weighted by Crippen LogP contribution is 2.23. The van der Waals surface area contributed by atoms with Crippen molar-refractivity contribution in [2.24, 2.45) is 0 Å². The average Bonchev–Trinajstić information content (AvgIpc) is 3.00. The summed E-state index contributed by atoms with van der Waals surface area (Å²) in [6, 6.07) is 56.1. The minimum atomic E-state index is -2.91. The molecule has 0 saturated heterocycles. The molecule has 1 nitrogen and oxygen atoms in total. The van der Waals surface area contributed by atoms with Gasteiger partial charge in [0.25, 0.3) is 8.32 Å². The van der Waals surface area contributed by atoms with Crippen molar-refractivity contribution < 1.29 is 4.12 Å². The van der Waals surface area contributed by atoms with Crippen molar-refractivity contribution in [3.8, 4) is 0 Å². The molecule has 184 valence electrons. The van der Waals surface area contributed by atoms with Crippen LogP contribution in [0.3, 0.4) is 0 Å². The van der Waals surface area contributed by atoms with E-state index >= 15 is 0 Å². The predicted octanol–water partition coefficient (Wildman–Crippen LogP) is 5.23. The van der Waals surface area contributed by atoms with Gasteiger partial charge in [0.2, 0.25) is 8.32 Å². The lowest BCUT2D eigenvalue weighted by Gasteiger charge is -2.44. The highest BCUT2D eigenvalue weighted by Gasteiger charge is 2.51.